The molecule has 0 aromatic heterocycles. The Morgan fingerprint density at radius 3 is 2.82 bits per heavy atom. The van der Waals surface area contributed by atoms with Crippen molar-refractivity contribution in [3.8, 4) is 11.8 Å². The van der Waals surface area contributed by atoms with Gasteiger partial charge >= 0.3 is 0 Å². The fourth-order valence-corrected chi connectivity index (χ4v) is 2.66. The van der Waals surface area contributed by atoms with Gasteiger partial charge in [-0.1, -0.05) is 12.1 Å². The number of benzene rings is 1. The van der Waals surface area contributed by atoms with Crippen LogP contribution in [0.1, 0.15) is 18.4 Å². The lowest BCUT2D eigenvalue weighted by Crippen LogP contribution is -2.39. The third-order valence-corrected chi connectivity index (χ3v) is 3.81. The van der Waals surface area contributed by atoms with Gasteiger partial charge < -0.3 is 15.4 Å². The van der Waals surface area contributed by atoms with Gasteiger partial charge in [0.05, 0.1) is 19.7 Å². The van der Waals surface area contributed by atoms with E-state index < -0.39 is 12.2 Å². The zero-order valence-corrected chi connectivity index (χ0v) is 12.5. The maximum Gasteiger partial charge on any atom is 0.225 e. The van der Waals surface area contributed by atoms with Gasteiger partial charge in [-0.15, -0.1) is 0 Å². The van der Waals surface area contributed by atoms with Crippen molar-refractivity contribution < 1.29 is 13.9 Å². The fraction of sp³-hybridized carbons (Fsp3) is 0.500. The highest BCUT2D eigenvalue weighted by atomic mass is 19.1. The molecule has 1 aliphatic rings. The third-order valence-electron chi connectivity index (χ3n) is 3.81. The number of carbonyl (C=O) groups excluding carboxylic acids is 1. The van der Waals surface area contributed by atoms with Gasteiger partial charge in [0.15, 0.2) is 0 Å². The lowest BCUT2D eigenvalue weighted by Gasteiger charge is -2.21. The molecule has 3 atom stereocenters. The molecule has 2 N–H and O–H groups in total. The lowest BCUT2D eigenvalue weighted by molar-refractivity contribution is -0.131. The Hall–Kier alpha value is -2.13. The van der Waals surface area contributed by atoms with E-state index in [1.165, 1.54) is 4.90 Å². The van der Waals surface area contributed by atoms with Gasteiger partial charge in [0.2, 0.25) is 5.91 Å². The number of carbonyl (C=O) groups is 1. The van der Waals surface area contributed by atoms with Crippen molar-refractivity contribution in [2.24, 2.45) is 5.73 Å². The van der Waals surface area contributed by atoms with E-state index >= 15 is 0 Å². The number of amides is 1. The van der Waals surface area contributed by atoms with E-state index in [1.807, 2.05) is 30.3 Å². The summed E-state index contributed by atoms with van der Waals surface area (Å²) in [5.41, 5.74) is 7.01. The van der Waals surface area contributed by atoms with E-state index in [4.69, 9.17) is 15.7 Å². The standard InChI is InChI=1S/C16H20FN3O2/c1-22-15-4-2-11(3-5-15)6-13(19)8-16(21)20-10-12(17)7-14(20)9-18/h2-5,12-14H,6-8,10,19H2,1H3/t12-,13+,14-/m0/s1. The zero-order chi connectivity index (χ0) is 16.1. The normalized spacial score (nSPS) is 22.2. The Kier molecular flexibility index (Phi) is 5.34. The zero-order valence-electron chi connectivity index (χ0n) is 12.5. The minimum atomic E-state index is -1.12. The molecule has 1 aromatic rings. The van der Waals surface area contributed by atoms with Gasteiger partial charge in [0.25, 0.3) is 0 Å². The first-order valence-electron chi connectivity index (χ1n) is 7.25. The Morgan fingerprint density at radius 2 is 2.23 bits per heavy atom. The number of alkyl halides is 1. The number of nitrogens with two attached hydrogens (primary N) is 1. The summed E-state index contributed by atoms with van der Waals surface area (Å²) in [5, 5.41) is 8.97. The summed E-state index contributed by atoms with van der Waals surface area (Å²) in [5.74, 6) is 0.504. The number of likely N-dealkylation sites (tertiary alicyclic amines) is 1. The molecule has 0 saturated carbocycles. The molecule has 1 aliphatic heterocycles. The summed E-state index contributed by atoms with van der Waals surface area (Å²) in [6.07, 6.45) is -0.376. The molecule has 22 heavy (non-hydrogen) atoms. The van der Waals surface area contributed by atoms with Gasteiger partial charge in [-0.3, -0.25) is 4.79 Å². The molecule has 1 saturated heterocycles. The van der Waals surface area contributed by atoms with Gasteiger partial charge in [-0.2, -0.15) is 5.26 Å². The molecule has 2 rings (SSSR count). The van der Waals surface area contributed by atoms with Crippen molar-refractivity contribution in [3.63, 3.8) is 0 Å². The van der Waals surface area contributed by atoms with Crippen LogP contribution in [0.25, 0.3) is 0 Å². The highest BCUT2D eigenvalue weighted by Gasteiger charge is 2.35. The summed E-state index contributed by atoms with van der Waals surface area (Å²) in [4.78, 5) is 13.5. The number of hydrogen-bond donors (Lipinski definition) is 1. The molecule has 1 amide bonds. The molecule has 0 aliphatic carbocycles. The number of ether oxygens (including phenoxy) is 1. The van der Waals surface area contributed by atoms with Crippen LogP contribution in [0.5, 0.6) is 5.75 Å². The first-order valence-corrected chi connectivity index (χ1v) is 7.25. The topological polar surface area (TPSA) is 79.3 Å². The molecular formula is C16H20FN3O2. The van der Waals surface area contributed by atoms with Gasteiger partial charge in [-0.25, -0.2) is 4.39 Å². The van der Waals surface area contributed by atoms with E-state index in [-0.39, 0.29) is 31.3 Å². The van der Waals surface area contributed by atoms with Gasteiger partial charge in [-0.05, 0) is 24.1 Å². The first kappa shape index (κ1) is 16.2. The fourth-order valence-electron chi connectivity index (χ4n) is 2.66. The molecule has 1 aromatic carbocycles. The van der Waals surface area contributed by atoms with E-state index in [2.05, 4.69) is 0 Å². The van der Waals surface area contributed by atoms with Crippen LogP contribution < -0.4 is 10.5 Å². The second-order valence-corrected chi connectivity index (χ2v) is 5.54. The third kappa shape index (κ3) is 3.95. The molecule has 0 bridgehead atoms. The van der Waals surface area contributed by atoms with Crippen molar-refractivity contribution in [2.75, 3.05) is 13.7 Å². The maximum atomic E-state index is 13.3. The van der Waals surface area contributed by atoms with Crippen LogP contribution in [0, 0.1) is 11.3 Å². The van der Waals surface area contributed by atoms with Crippen molar-refractivity contribution in [1.82, 2.24) is 4.90 Å². The Labute approximate surface area is 129 Å². The number of hydrogen-bond acceptors (Lipinski definition) is 4. The summed E-state index contributed by atoms with van der Waals surface area (Å²) in [6, 6.07) is 8.41. The molecule has 6 heteroatoms. The molecule has 5 nitrogen and oxygen atoms in total. The second kappa shape index (κ2) is 7.23. The van der Waals surface area contributed by atoms with Crippen LogP contribution in [0.15, 0.2) is 24.3 Å². The molecule has 1 heterocycles. The summed E-state index contributed by atoms with van der Waals surface area (Å²) >= 11 is 0. The van der Waals surface area contributed by atoms with Gasteiger partial charge in [0.1, 0.15) is 18.0 Å². The molecule has 1 fully saturated rings. The average molecular weight is 305 g/mol. The predicted octanol–water partition coefficient (Wildman–Crippen LogP) is 1.42. The van der Waals surface area contributed by atoms with Crippen molar-refractivity contribution in [2.45, 2.75) is 37.5 Å². The van der Waals surface area contributed by atoms with Crippen LogP contribution in [-0.2, 0) is 11.2 Å². The number of methoxy groups -OCH3 is 1. The Morgan fingerprint density at radius 1 is 1.55 bits per heavy atom. The summed E-state index contributed by atoms with van der Waals surface area (Å²) < 4.78 is 18.4. The smallest absolute Gasteiger partial charge is 0.225 e. The average Bonchev–Trinajstić information content (AvgIpc) is 2.89. The maximum absolute atomic E-state index is 13.3. The molecule has 118 valence electrons. The summed E-state index contributed by atoms with van der Waals surface area (Å²) in [6.45, 7) is -0.00762. The summed E-state index contributed by atoms with van der Waals surface area (Å²) in [7, 11) is 1.60. The number of halogens is 1. The van der Waals surface area contributed by atoms with Crippen molar-refractivity contribution in [1.29, 1.82) is 5.26 Å². The highest BCUT2D eigenvalue weighted by Crippen LogP contribution is 2.21. The van der Waals surface area contributed by atoms with Crippen molar-refractivity contribution >= 4 is 5.91 Å². The monoisotopic (exact) mass is 305 g/mol. The molecule has 0 spiro atoms. The first-order chi connectivity index (χ1) is 10.5. The lowest BCUT2D eigenvalue weighted by atomic mass is 10.0. The second-order valence-electron chi connectivity index (χ2n) is 5.54. The van der Waals surface area contributed by atoms with Crippen LogP contribution >= 0.6 is 0 Å². The van der Waals surface area contributed by atoms with E-state index in [0.717, 1.165) is 11.3 Å². The van der Waals surface area contributed by atoms with E-state index in [9.17, 15) is 9.18 Å². The minimum absolute atomic E-state index is 0.00762. The van der Waals surface area contributed by atoms with E-state index in [1.54, 1.807) is 7.11 Å². The van der Waals surface area contributed by atoms with Crippen LogP contribution in [-0.4, -0.2) is 42.7 Å². The Balaban J connectivity index is 1.89. The number of rotatable bonds is 5. The minimum Gasteiger partial charge on any atom is -0.497 e. The molecule has 0 radical (unpaired) electrons. The van der Waals surface area contributed by atoms with Crippen molar-refractivity contribution in [3.05, 3.63) is 29.8 Å². The molecule has 0 unspecified atom stereocenters. The van der Waals surface area contributed by atoms with Gasteiger partial charge in [0, 0.05) is 18.9 Å². The van der Waals surface area contributed by atoms with Crippen LogP contribution in [0.3, 0.4) is 0 Å². The predicted molar refractivity (Wildman–Crippen MR) is 79.9 cm³/mol. The Bertz CT molecular complexity index is 556. The molecular weight excluding hydrogens is 285 g/mol. The SMILES string of the molecule is COc1ccc(C[C@@H](N)CC(=O)N2C[C@@H](F)C[C@H]2C#N)cc1. The van der Waals surface area contributed by atoms with Crippen LogP contribution in [0.2, 0.25) is 0 Å². The largest absolute Gasteiger partial charge is 0.497 e. The van der Waals surface area contributed by atoms with Crippen LogP contribution in [0.4, 0.5) is 4.39 Å². The number of nitrogens with zero attached hydrogens (tertiary/aromatic N) is 2. The number of nitriles is 1. The van der Waals surface area contributed by atoms with E-state index in [0.29, 0.717) is 6.42 Å². The quantitative estimate of drug-likeness (QED) is 0.892. The highest BCUT2D eigenvalue weighted by molar-refractivity contribution is 5.78.